The third-order valence-electron chi connectivity index (χ3n) is 5.14. The molecule has 0 aromatic heterocycles. The van der Waals surface area contributed by atoms with Gasteiger partial charge in [0.2, 0.25) is 6.79 Å². The molecule has 32 heavy (non-hydrogen) atoms. The van der Waals surface area contributed by atoms with Gasteiger partial charge in [0.15, 0.2) is 19.7 Å². The Morgan fingerprint density at radius 3 is 2.34 bits per heavy atom. The molecule has 0 spiro atoms. The van der Waals surface area contributed by atoms with Crippen molar-refractivity contribution in [2.24, 2.45) is 5.92 Å². The van der Waals surface area contributed by atoms with E-state index >= 15 is 0 Å². The van der Waals surface area contributed by atoms with Crippen molar-refractivity contribution < 1.29 is 35.9 Å². The lowest BCUT2D eigenvalue weighted by atomic mass is 9.86. The van der Waals surface area contributed by atoms with Crippen LogP contribution in [0.25, 0.3) is 0 Å². The van der Waals surface area contributed by atoms with Crippen LogP contribution in [0.3, 0.4) is 0 Å². The predicted molar refractivity (Wildman–Crippen MR) is 116 cm³/mol. The molecule has 0 amide bonds. The molecular formula is C21H25NO8S2. The second-order valence-electron chi connectivity index (χ2n) is 7.98. The van der Waals surface area contributed by atoms with Gasteiger partial charge in [-0.05, 0) is 18.4 Å². The van der Waals surface area contributed by atoms with E-state index in [1.165, 1.54) is 0 Å². The molecular weight excluding hydrogens is 458 g/mol. The van der Waals surface area contributed by atoms with Gasteiger partial charge in [0, 0.05) is 18.3 Å². The molecule has 1 aromatic carbocycles. The van der Waals surface area contributed by atoms with Crippen LogP contribution in [0, 0.1) is 5.92 Å². The Balaban J connectivity index is 2.18. The molecule has 3 rings (SSSR count). The molecule has 0 fully saturated rings. The number of carbonyl (C=O) groups excluding carboxylic acids is 2. The van der Waals surface area contributed by atoms with Crippen LogP contribution < -0.4 is 5.32 Å². The molecule has 1 aromatic rings. The van der Waals surface area contributed by atoms with Crippen LogP contribution in [-0.4, -0.2) is 52.8 Å². The molecule has 174 valence electrons. The maximum atomic E-state index is 13.4. The van der Waals surface area contributed by atoms with Gasteiger partial charge in [-0.25, -0.2) is 21.6 Å². The highest BCUT2D eigenvalue weighted by molar-refractivity contribution is 7.96. The summed E-state index contributed by atoms with van der Waals surface area (Å²) in [7, 11) is -7.52. The van der Waals surface area contributed by atoms with E-state index in [9.17, 15) is 26.4 Å². The molecule has 0 radical (unpaired) electrons. The third-order valence-corrected chi connectivity index (χ3v) is 9.10. The SMILES string of the molecule is CC(=O)OCOC(=O)C1=C(C)NC2=C(C1c1ccccc1)S(=O)(=O)CC(C)CS(=O)(=O)C2. The normalized spacial score (nSPS) is 24.5. The molecule has 2 heterocycles. The average Bonchev–Trinajstić information content (AvgIpc) is 2.65. The van der Waals surface area contributed by atoms with Crippen LogP contribution in [0.4, 0.5) is 0 Å². The fraction of sp³-hybridized carbons (Fsp3) is 0.429. The summed E-state index contributed by atoms with van der Waals surface area (Å²) in [6.45, 7) is 3.65. The average molecular weight is 484 g/mol. The highest BCUT2D eigenvalue weighted by Gasteiger charge is 2.43. The first kappa shape index (κ1) is 24.0. The van der Waals surface area contributed by atoms with Gasteiger partial charge in [0.1, 0.15) is 0 Å². The van der Waals surface area contributed by atoms with Crippen molar-refractivity contribution in [3.8, 4) is 0 Å². The molecule has 0 bridgehead atoms. The highest BCUT2D eigenvalue weighted by Crippen LogP contribution is 2.42. The van der Waals surface area contributed by atoms with E-state index < -0.39 is 56.0 Å². The Kier molecular flexibility index (Phi) is 6.80. The lowest BCUT2D eigenvalue weighted by Crippen LogP contribution is -2.39. The molecule has 0 saturated carbocycles. The Bertz CT molecular complexity index is 1200. The summed E-state index contributed by atoms with van der Waals surface area (Å²) in [5.74, 6) is -4.29. The summed E-state index contributed by atoms with van der Waals surface area (Å²) in [6.07, 6.45) is 0. The number of sulfone groups is 2. The van der Waals surface area contributed by atoms with Gasteiger partial charge in [-0.2, -0.15) is 0 Å². The van der Waals surface area contributed by atoms with Crippen molar-refractivity contribution in [1.82, 2.24) is 5.32 Å². The van der Waals surface area contributed by atoms with Crippen LogP contribution >= 0.6 is 0 Å². The van der Waals surface area contributed by atoms with Crippen molar-refractivity contribution in [1.29, 1.82) is 0 Å². The number of benzene rings is 1. The van der Waals surface area contributed by atoms with Crippen LogP contribution in [0.1, 0.15) is 32.3 Å². The molecule has 9 nitrogen and oxygen atoms in total. The minimum atomic E-state index is -3.94. The zero-order valence-corrected chi connectivity index (χ0v) is 19.6. The topological polar surface area (TPSA) is 133 Å². The van der Waals surface area contributed by atoms with E-state index in [1.807, 2.05) is 0 Å². The minimum Gasteiger partial charge on any atom is -0.428 e. The summed E-state index contributed by atoms with van der Waals surface area (Å²) in [5.41, 5.74) is 0.815. The summed E-state index contributed by atoms with van der Waals surface area (Å²) in [6, 6.07) is 8.47. The molecule has 0 saturated heterocycles. The molecule has 2 atom stereocenters. The van der Waals surface area contributed by atoms with Gasteiger partial charge in [0.25, 0.3) is 0 Å². The lowest BCUT2D eigenvalue weighted by molar-refractivity contribution is -0.163. The number of carbonyl (C=O) groups is 2. The lowest BCUT2D eigenvalue weighted by Gasteiger charge is -2.34. The number of nitrogens with one attached hydrogen (secondary N) is 1. The maximum absolute atomic E-state index is 13.4. The first-order valence-corrected chi connectivity index (χ1v) is 13.4. The van der Waals surface area contributed by atoms with Gasteiger partial charge in [0.05, 0.1) is 33.7 Å². The predicted octanol–water partition coefficient (Wildman–Crippen LogP) is 1.40. The van der Waals surface area contributed by atoms with Crippen LogP contribution in [-0.2, 0) is 38.7 Å². The van der Waals surface area contributed by atoms with E-state index in [0.717, 1.165) is 6.92 Å². The summed E-state index contributed by atoms with van der Waals surface area (Å²) in [5, 5.41) is 2.83. The van der Waals surface area contributed by atoms with Gasteiger partial charge >= 0.3 is 11.9 Å². The van der Waals surface area contributed by atoms with Crippen molar-refractivity contribution in [2.75, 3.05) is 24.1 Å². The molecule has 0 aliphatic carbocycles. The largest absolute Gasteiger partial charge is 0.428 e. The second-order valence-corrected chi connectivity index (χ2v) is 12.1. The standard InChI is InChI=1S/C21H25NO8S2/c1-13-9-31(25,26)11-17-20(32(27,28)10-13)19(16-7-5-4-6-8-16)18(14(2)22-17)21(24)30-12-29-15(3)23/h4-8,13,19,22H,9-12H2,1-3H3. The van der Waals surface area contributed by atoms with Gasteiger partial charge in [-0.15, -0.1) is 0 Å². The number of ether oxygens (including phenoxy) is 2. The first-order valence-electron chi connectivity index (χ1n) is 9.90. The van der Waals surface area contributed by atoms with E-state index in [4.69, 9.17) is 4.74 Å². The van der Waals surface area contributed by atoms with Gasteiger partial charge < -0.3 is 14.8 Å². The quantitative estimate of drug-likeness (QED) is 0.498. The third kappa shape index (κ3) is 5.21. The van der Waals surface area contributed by atoms with Crippen LogP contribution in [0.15, 0.2) is 52.2 Å². The monoisotopic (exact) mass is 483 g/mol. The zero-order chi connectivity index (χ0) is 23.7. The van der Waals surface area contributed by atoms with Crippen LogP contribution in [0.2, 0.25) is 0 Å². The molecule has 2 aliphatic rings. The van der Waals surface area contributed by atoms with Gasteiger partial charge in [-0.1, -0.05) is 37.3 Å². The van der Waals surface area contributed by atoms with Crippen molar-refractivity contribution in [2.45, 2.75) is 26.7 Å². The first-order chi connectivity index (χ1) is 14.9. The van der Waals surface area contributed by atoms with Crippen molar-refractivity contribution in [3.05, 3.63) is 57.8 Å². The zero-order valence-electron chi connectivity index (χ0n) is 18.0. The second kappa shape index (κ2) is 9.07. The Labute approximate surface area is 187 Å². The number of rotatable bonds is 4. The maximum Gasteiger partial charge on any atom is 0.339 e. The molecule has 2 unspecified atom stereocenters. The number of esters is 2. The number of hydrogen-bond donors (Lipinski definition) is 1. The van der Waals surface area contributed by atoms with Crippen molar-refractivity contribution in [3.63, 3.8) is 0 Å². The minimum absolute atomic E-state index is 0.0105. The van der Waals surface area contributed by atoms with E-state index in [1.54, 1.807) is 44.2 Å². The number of hydrogen-bond acceptors (Lipinski definition) is 9. The Morgan fingerprint density at radius 1 is 1.06 bits per heavy atom. The van der Waals surface area contributed by atoms with Gasteiger partial charge in [-0.3, -0.25) is 4.79 Å². The highest BCUT2D eigenvalue weighted by atomic mass is 32.2. The smallest absolute Gasteiger partial charge is 0.339 e. The van der Waals surface area contributed by atoms with E-state index in [2.05, 4.69) is 10.1 Å². The summed E-state index contributed by atoms with van der Waals surface area (Å²) >= 11 is 0. The van der Waals surface area contributed by atoms with Crippen LogP contribution in [0.5, 0.6) is 0 Å². The fourth-order valence-electron chi connectivity index (χ4n) is 4.05. The summed E-state index contributed by atoms with van der Waals surface area (Å²) in [4.78, 5) is 23.8. The fourth-order valence-corrected chi connectivity index (χ4v) is 8.22. The van der Waals surface area contributed by atoms with Crippen molar-refractivity contribution >= 4 is 31.6 Å². The Hall–Kier alpha value is -2.66. The van der Waals surface area contributed by atoms with E-state index in [0.29, 0.717) is 5.56 Å². The molecule has 11 heteroatoms. The molecule has 1 N–H and O–H groups in total. The molecule has 2 aliphatic heterocycles. The van der Waals surface area contributed by atoms with E-state index in [-0.39, 0.29) is 33.4 Å². The number of dihydropyridines is 1. The summed E-state index contributed by atoms with van der Waals surface area (Å²) < 4.78 is 61.9. The number of allylic oxidation sites excluding steroid dienone is 2. The Morgan fingerprint density at radius 2 is 1.72 bits per heavy atom.